The van der Waals surface area contributed by atoms with Gasteiger partial charge in [-0.1, -0.05) is 146 Å². The highest BCUT2D eigenvalue weighted by atomic mass is 15.3. The number of amidine groups is 1. The van der Waals surface area contributed by atoms with E-state index in [0.717, 1.165) is 35.6 Å². The molecule has 4 heteroatoms. The molecule has 0 saturated heterocycles. The quantitative estimate of drug-likeness (QED) is 0.158. The van der Waals surface area contributed by atoms with Gasteiger partial charge in [-0.3, -0.25) is 4.99 Å². The van der Waals surface area contributed by atoms with Crippen LogP contribution in [0.25, 0.3) is 55.7 Å². The number of fused-ring (bicyclic) bond motifs is 6. The molecule has 8 aromatic carbocycles. The van der Waals surface area contributed by atoms with Crippen LogP contribution in [0.1, 0.15) is 52.0 Å². The molecule has 0 saturated carbocycles. The van der Waals surface area contributed by atoms with Crippen molar-refractivity contribution in [2.45, 2.75) is 24.9 Å². The number of benzene rings is 8. The zero-order valence-corrected chi connectivity index (χ0v) is 33.6. The van der Waals surface area contributed by atoms with Crippen molar-refractivity contribution in [3.8, 4) is 11.4 Å². The molecule has 61 heavy (non-hydrogen) atoms. The fourth-order valence-corrected chi connectivity index (χ4v) is 10.0. The topological polar surface area (TPSA) is 25.5 Å². The first-order chi connectivity index (χ1) is 30.3. The predicted molar refractivity (Wildman–Crippen MR) is 254 cm³/mol. The van der Waals surface area contributed by atoms with E-state index in [9.17, 15) is 0 Å². The summed E-state index contributed by atoms with van der Waals surface area (Å²) >= 11 is 0. The summed E-state index contributed by atoms with van der Waals surface area (Å²) in [7, 11) is 0. The van der Waals surface area contributed by atoms with Gasteiger partial charge >= 0.3 is 0 Å². The first-order valence-electron chi connectivity index (χ1n) is 21.3. The third-order valence-corrected chi connectivity index (χ3v) is 12.8. The molecule has 0 radical (unpaired) electrons. The molecular weight excluding hydrogens is 741 g/mol. The zero-order chi connectivity index (χ0) is 40.3. The molecule has 0 bridgehead atoms. The monoisotopic (exact) mass is 782 g/mol. The van der Waals surface area contributed by atoms with Crippen molar-refractivity contribution in [1.29, 1.82) is 0 Å². The standard InChI is InChI=1S/C57H42N4/c1-5-17-39(18-6-1)55-56(40-19-7-2-8-20-40)61(45-23-11-4-12-24-45)57(58-55)41-29-33-46(34-30-41)60-52-28-16-14-26-48(52)50-36-32-43(38-54(50)60)42-31-35-49-47-25-13-15-27-51(47)59(53(49)37-42)44-21-9-3-10-22-44/h1-31,33-35,37-38,55-56H,32,36H2. The Kier molecular flexibility index (Phi) is 8.41. The normalized spacial score (nSPS) is 16.2. The number of hydrogen-bond acceptors (Lipinski definition) is 2. The smallest absolute Gasteiger partial charge is 0.136 e. The van der Waals surface area contributed by atoms with Gasteiger partial charge in [-0.15, -0.1) is 0 Å². The second-order valence-electron chi connectivity index (χ2n) is 16.2. The minimum absolute atomic E-state index is 0.00204. The molecule has 290 valence electrons. The summed E-state index contributed by atoms with van der Waals surface area (Å²) in [4.78, 5) is 8.03. The second-order valence-corrected chi connectivity index (χ2v) is 16.2. The van der Waals surface area contributed by atoms with Gasteiger partial charge in [0, 0.05) is 38.8 Å². The first-order valence-corrected chi connectivity index (χ1v) is 21.3. The van der Waals surface area contributed by atoms with Crippen LogP contribution in [-0.2, 0) is 6.42 Å². The van der Waals surface area contributed by atoms with Crippen molar-refractivity contribution in [2.75, 3.05) is 4.90 Å². The third kappa shape index (κ3) is 5.86. The maximum absolute atomic E-state index is 5.59. The molecule has 10 aromatic rings. The van der Waals surface area contributed by atoms with Crippen molar-refractivity contribution in [2.24, 2.45) is 4.99 Å². The molecule has 3 heterocycles. The van der Waals surface area contributed by atoms with Gasteiger partial charge in [-0.05, 0) is 113 Å². The number of nitrogens with zero attached hydrogens (tertiary/aromatic N) is 4. The molecule has 2 aromatic heterocycles. The Morgan fingerprint density at radius 2 is 0.951 bits per heavy atom. The first kappa shape index (κ1) is 35.3. The molecule has 2 aliphatic rings. The van der Waals surface area contributed by atoms with Crippen LogP contribution in [0.2, 0.25) is 0 Å². The molecule has 0 spiro atoms. The third-order valence-electron chi connectivity index (χ3n) is 12.8. The molecular formula is C57H42N4. The highest BCUT2D eigenvalue weighted by Crippen LogP contribution is 2.46. The lowest BCUT2D eigenvalue weighted by atomic mass is 9.90. The van der Waals surface area contributed by atoms with Gasteiger partial charge in [-0.2, -0.15) is 0 Å². The van der Waals surface area contributed by atoms with Crippen molar-refractivity contribution in [1.82, 2.24) is 9.13 Å². The lowest BCUT2D eigenvalue weighted by Gasteiger charge is -2.31. The van der Waals surface area contributed by atoms with E-state index in [0.29, 0.717) is 0 Å². The maximum atomic E-state index is 5.59. The fourth-order valence-electron chi connectivity index (χ4n) is 10.0. The lowest BCUT2D eigenvalue weighted by Crippen LogP contribution is -2.32. The zero-order valence-electron chi connectivity index (χ0n) is 33.6. The molecule has 2 atom stereocenters. The summed E-state index contributed by atoms with van der Waals surface area (Å²) in [5.74, 6) is 0.977. The average Bonchev–Trinajstić information content (AvgIpc) is 4.01. The van der Waals surface area contributed by atoms with Gasteiger partial charge in [0.25, 0.3) is 0 Å². The van der Waals surface area contributed by atoms with Crippen LogP contribution < -0.4 is 4.90 Å². The molecule has 0 N–H and O–H groups in total. The van der Waals surface area contributed by atoms with E-state index in [1.165, 1.54) is 71.9 Å². The Balaban J connectivity index is 0.975. The highest BCUT2D eigenvalue weighted by Gasteiger charge is 2.39. The van der Waals surface area contributed by atoms with Gasteiger partial charge in [0.2, 0.25) is 0 Å². The van der Waals surface area contributed by atoms with Crippen LogP contribution in [0, 0.1) is 0 Å². The number of aliphatic imine (C=N–C) groups is 1. The Morgan fingerprint density at radius 3 is 1.66 bits per heavy atom. The molecule has 12 rings (SSSR count). The highest BCUT2D eigenvalue weighted by molar-refractivity contribution is 6.12. The molecule has 0 fully saturated rings. The van der Waals surface area contributed by atoms with Gasteiger partial charge in [0.1, 0.15) is 11.9 Å². The number of aryl methyl sites for hydroxylation is 1. The summed E-state index contributed by atoms with van der Waals surface area (Å²) in [5.41, 5.74) is 16.0. The molecule has 4 nitrogen and oxygen atoms in total. The SMILES string of the molecule is C1=C(c2ccc3c4ccccc4n(-c4ccccc4)c3c2)CCc2c1n(-c1ccc(C3=NC(c4ccccc4)C(c4ccccc4)N3c3ccccc3)cc1)c1ccccc21. The van der Waals surface area contributed by atoms with E-state index >= 15 is 0 Å². The van der Waals surface area contributed by atoms with Crippen molar-refractivity contribution < 1.29 is 0 Å². The summed E-state index contributed by atoms with van der Waals surface area (Å²) in [6, 6.07) is 76.8. The van der Waals surface area contributed by atoms with Gasteiger partial charge in [-0.25, -0.2) is 0 Å². The summed E-state index contributed by atoms with van der Waals surface area (Å²) < 4.78 is 4.89. The molecule has 2 unspecified atom stereocenters. The van der Waals surface area contributed by atoms with Crippen LogP contribution in [0.4, 0.5) is 5.69 Å². The Bertz CT molecular complexity index is 3290. The van der Waals surface area contributed by atoms with Crippen molar-refractivity contribution in [3.05, 3.63) is 246 Å². The minimum atomic E-state index is -0.0735. The number of anilines is 1. The summed E-state index contributed by atoms with van der Waals surface area (Å²) in [6.45, 7) is 0. The fraction of sp³-hybridized carbons (Fsp3) is 0.0702. The summed E-state index contributed by atoms with van der Waals surface area (Å²) in [5, 5.41) is 3.87. The Morgan fingerprint density at radius 1 is 0.410 bits per heavy atom. The van der Waals surface area contributed by atoms with Crippen LogP contribution in [0.15, 0.2) is 217 Å². The van der Waals surface area contributed by atoms with Gasteiger partial charge < -0.3 is 14.0 Å². The van der Waals surface area contributed by atoms with E-state index in [2.05, 4.69) is 232 Å². The average molecular weight is 783 g/mol. The minimum Gasteiger partial charge on any atom is -0.316 e. The lowest BCUT2D eigenvalue weighted by molar-refractivity contribution is 0.612. The van der Waals surface area contributed by atoms with Crippen LogP contribution in [-0.4, -0.2) is 15.0 Å². The summed E-state index contributed by atoms with van der Waals surface area (Å²) in [6.07, 6.45) is 4.42. The van der Waals surface area contributed by atoms with E-state index in [4.69, 9.17) is 4.99 Å². The van der Waals surface area contributed by atoms with E-state index in [-0.39, 0.29) is 12.1 Å². The van der Waals surface area contributed by atoms with Gasteiger partial charge in [0.05, 0.1) is 28.3 Å². The van der Waals surface area contributed by atoms with Crippen molar-refractivity contribution in [3.63, 3.8) is 0 Å². The van der Waals surface area contributed by atoms with Crippen LogP contribution in [0.5, 0.6) is 0 Å². The number of aromatic nitrogens is 2. The molecule has 1 aliphatic heterocycles. The van der Waals surface area contributed by atoms with E-state index in [1.807, 2.05) is 0 Å². The number of allylic oxidation sites excluding steroid dienone is 1. The molecule has 1 aliphatic carbocycles. The number of hydrogen-bond donors (Lipinski definition) is 0. The van der Waals surface area contributed by atoms with E-state index in [1.54, 1.807) is 0 Å². The molecule has 0 amide bonds. The largest absolute Gasteiger partial charge is 0.316 e. The Labute approximate surface area is 355 Å². The van der Waals surface area contributed by atoms with Crippen LogP contribution in [0.3, 0.4) is 0 Å². The predicted octanol–water partition coefficient (Wildman–Crippen LogP) is 14.0. The number of rotatable bonds is 7. The second kappa shape index (κ2) is 14.5. The Hall–Kier alpha value is -7.69. The maximum Gasteiger partial charge on any atom is 0.136 e. The number of para-hydroxylation sites is 4. The van der Waals surface area contributed by atoms with Crippen LogP contribution >= 0.6 is 0 Å². The van der Waals surface area contributed by atoms with Crippen molar-refractivity contribution >= 4 is 55.9 Å². The van der Waals surface area contributed by atoms with E-state index < -0.39 is 0 Å². The van der Waals surface area contributed by atoms with Gasteiger partial charge in [0.15, 0.2) is 0 Å².